The molecule has 1 N–H and O–H groups in total. The number of anilines is 1. The van der Waals surface area contributed by atoms with Crippen LogP contribution in [-0.2, 0) is 9.84 Å². The average Bonchev–Trinajstić information content (AvgIpc) is 2.86. The number of hydrogen-bond acceptors (Lipinski definition) is 5. The highest BCUT2D eigenvalue weighted by atomic mass is 32.2. The molecule has 1 atom stereocenters. The second-order valence-corrected chi connectivity index (χ2v) is 7.48. The van der Waals surface area contributed by atoms with E-state index in [1.807, 2.05) is 6.92 Å². The van der Waals surface area contributed by atoms with Crippen LogP contribution in [0.25, 0.3) is 0 Å². The lowest BCUT2D eigenvalue weighted by Gasteiger charge is -2.26. The van der Waals surface area contributed by atoms with E-state index in [4.69, 9.17) is 0 Å². The largest absolute Gasteiger partial charge is 0.380 e. The summed E-state index contributed by atoms with van der Waals surface area (Å²) >= 11 is 0. The van der Waals surface area contributed by atoms with Crippen molar-refractivity contribution in [1.82, 2.24) is 9.88 Å². The molecular weight excluding hydrogens is 302 g/mol. The van der Waals surface area contributed by atoms with E-state index in [0.717, 1.165) is 5.69 Å². The molecule has 0 aliphatic carbocycles. The minimum atomic E-state index is -3.02. The van der Waals surface area contributed by atoms with E-state index in [2.05, 4.69) is 16.9 Å². The number of carbonyl (C=O) groups is 1. The second kappa shape index (κ2) is 6.91. The molecule has 0 aromatic carbocycles. The molecule has 120 valence electrons. The number of amides is 1. The van der Waals surface area contributed by atoms with Gasteiger partial charge in [-0.3, -0.25) is 4.79 Å². The molecule has 1 aromatic rings. The topological polar surface area (TPSA) is 79.4 Å². The van der Waals surface area contributed by atoms with E-state index < -0.39 is 9.84 Å². The first kappa shape index (κ1) is 16.5. The number of aromatic nitrogens is 1. The van der Waals surface area contributed by atoms with Gasteiger partial charge >= 0.3 is 0 Å². The Bertz CT molecular complexity index is 641. The Kier molecular flexibility index (Phi) is 5.18. The highest BCUT2D eigenvalue weighted by Crippen LogP contribution is 2.19. The number of sulfone groups is 1. The molecular formula is C15H21N3O3S. The first-order valence-corrected chi connectivity index (χ1v) is 9.11. The summed E-state index contributed by atoms with van der Waals surface area (Å²) in [6.45, 7) is 6.56. The SMILES string of the molecule is C=CCNc1ccc(C(=O)N(CC)C2CCS(=O)(=O)C2)nc1. The molecule has 1 fully saturated rings. The van der Waals surface area contributed by atoms with E-state index in [1.165, 1.54) is 0 Å². The van der Waals surface area contributed by atoms with Crippen molar-refractivity contribution in [2.24, 2.45) is 0 Å². The maximum absolute atomic E-state index is 12.5. The van der Waals surface area contributed by atoms with Crippen molar-refractivity contribution in [3.63, 3.8) is 0 Å². The third kappa shape index (κ3) is 3.85. The zero-order chi connectivity index (χ0) is 16.2. The van der Waals surface area contributed by atoms with E-state index in [1.54, 1.807) is 29.3 Å². The van der Waals surface area contributed by atoms with Gasteiger partial charge in [0, 0.05) is 19.1 Å². The van der Waals surface area contributed by atoms with Gasteiger partial charge in [0.1, 0.15) is 5.69 Å². The van der Waals surface area contributed by atoms with Crippen LogP contribution in [0.15, 0.2) is 31.0 Å². The number of rotatable bonds is 6. The normalized spacial score (nSPS) is 19.6. The second-order valence-electron chi connectivity index (χ2n) is 5.25. The van der Waals surface area contributed by atoms with Gasteiger partial charge in [0.2, 0.25) is 0 Å². The molecule has 0 spiro atoms. The minimum Gasteiger partial charge on any atom is -0.380 e. The van der Waals surface area contributed by atoms with Gasteiger partial charge in [-0.05, 0) is 25.5 Å². The molecule has 2 rings (SSSR count). The Morgan fingerprint density at radius 3 is 2.82 bits per heavy atom. The molecule has 1 saturated heterocycles. The summed E-state index contributed by atoms with van der Waals surface area (Å²) in [7, 11) is -3.02. The fourth-order valence-corrected chi connectivity index (χ4v) is 4.28. The first-order chi connectivity index (χ1) is 10.5. The smallest absolute Gasteiger partial charge is 0.272 e. The lowest BCUT2D eigenvalue weighted by molar-refractivity contribution is 0.0702. The molecule has 2 heterocycles. The molecule has 1 aliphatic rings. The van der Waals surface area contributed by atoms with Crippen molar-refractivity contribution >= 4 is 21.4 Å². The molecule has 7 heteroatoms. The highest BCUT2D eigenvalue weighted by molar-refractivity contribution is 7.91. The lowest BCUT2D eigenvalue weighted by atomic mass is 10.2. The Morgan fingerprint density at radius 2 is 2.32 bits per heavy atom. The van der Waals surface area contributed by atoms with Crippen LogP contribution in [0.1, 0.15) is 23.8 Å². The van der Waals surface area contributed by atoms with Crippen LogP contribution in [0, 0.1) is 0 Å². The third-order valence-electron chi connectivity index (χ3n) is 3.68. The fraction of sp³-hybridized carbons (Fsp3) is 0.467. The third-order valence-corrected chi connectivity index (χ3v) is 5.43. The number of carbonyl (C=O) groups excluding carboxylic acids is 1. The Labute approximate surface area is 131 Å². The number of nitrogens with zero attached hydrogens (tertiary/aromatic N) is 2. The minimum absolute atomic E-state index is 0.0472. The van der Waals surface area contributed by atoms with Crippen LogP contribution in [0.3, 0.4) is 0 Å². The molecule has 0 saturated carbocycles. The van der Waals surface area contributed by atoms with Crippen molar-refractivity contribution < 1.29 is 13.2 Å². The van der Waals surface area contributed by atoms with Crippen LogP contribution in [0.4, 0.5) is 5.69 Å². The van der Waals surface area contributed by atoms with E-state index in [9.17, 15) is 13.2 Å². The predicted molar refractivity (Wildman–Crippen MR) is 86.7 cm³/mol. The van der Waals surface area contributed by atoms with Crippen LogP contribution < -0.4 is 5.32 Å². The predicted octanol–water partition coefficient (Wildman–Crippen LogP) is 1.33. The van der Waals surface area contributed by atoms with Crippen molar-refractivity contribution in [2.45, 2.75) is 19.4 Å². The average molecular weight is 323 g/mol. The Morgan fingerprint density at radius 1 is 1.55 bits per heavy atom. The quantitative estimate of drug-likeness (QED) is 0.799. The van der Waals surface area contributed by atoms with E-state index in [0.29, 0.717) is 25.2 Å². The van der Waals surface area contributed by atoms with Crippen molar-refractivity contribution in [3.8, 4) is 0 Å². The maximum atomic E-state index is 12.5. The van der Waals surface area contributed by atoms with Crippen LogP contribution >= 0.6 is 0 Å². The van der Waals surface area contributed by atoms with Gasteiger partial charge in [0.05, 0.1) is 23.4 Å². The number of hydrogen-bond donors (Lipinski definition) is 1. The zero-order valence-electron chi connectivity index (χ0n) is 12.7. The van der Waals surface area contributed by atoms with Gasteiger partial charge in [0.25, 0.3) is 5.91 Å². The van der Waals surface area contributed by atoms with Crippen molar-refractivity contribution in [3.05, 3.63) is 36.7 Å². The van der Waals surface area contributed by atoms with Crippen molar-refractivity contribution in [1.29, 1.82) is 0 Å². The molecule has 1 aromatic heterocycles. The highest BCUT2D eigenvalue weighted by Gasteiger charge is 2.34. The number of pyridine rings is 1. The van der Waals surface area contributed by atoms with Gasteiger partial charge in [-0.15, -0.1) is 6.58 Å². The summed E-state index contributed by atoms with van der Waals surface area (Å²) in [5.74, 6) is -0.0231. The number of nitrogens with one attached hydrogen (secondary N) is 1. The first-order valence-electron chi connectivity index (χ1n) is 7.29. The summed E-state index contributed by atoms with van der Waals surface area (Å²) < 4.78 is 23.2. The standard InChI is InChI=1S/C15H21N3O3S/c1-3-8-16-12-5-6-14(17-10-12)15(19)18(4-2)13-7-9-22(20,21)11-13/h3,5-6,10,13,16H,1,4,7-9,11H2,2H3. The molecule has 22 heavy (non-hydrogen) atoms. The molecule has 1 aliphatic heterocycles. The summed E-state index contributed by atoms with van der Waals surface area (Å²) in [4.78, 5) is 18.3. The van der Waals surface area contributed by atoms with E-state index >= 15 is 0 Å². The molecule has 0 radical (unpaired) electrons. The molecule has 0 bridgehead atoms. The summed E-state index contributed by atoms with van der Waals surface area (Å²) in [6.07, 6.45) is 3.83. The van der Waals surface area contributed by atoms with Gasteiger partial charge in [-0.2, -0.15) is 0 Å². The van der Waals surface area contributed by atoms with Gasteiger partial charge in [-0.25, -0.2) is 13.4 Å². The van der Waals surface area contributed by atoms with Gasteiger partial charge in [0.15, 0.2) is 9.84 Å². The zero-order valence-corrected chi connectivity index (χ0v) is 13.5. The van der Waals surface area contributed by atoms with Gasteiger partial charge in [-0.1, -0.05) is 6.08 Å². The summed E-state index contributed by atoms with van der Waals surface area (Å²) in [5.41, 5.74) is 1.14. The molecule has 1 unspecified atom stereocenters. The molecule has 6 nitrogen and oxygen atoms in total. The van der Waals surface area contributed by atoms with Gasteiger partial charge < -0.3 is 10.2 Å². The lowest BCUT2D eigenvalue weighted by Crippen LogP contribution is -2.41. The van der Waals surface area contributed by atoms with Crippen LogP contribution in [-0.4, -0.2) is 54.8 Å². The van der Waals surface area contributed by atoms with Crippen LogP contribution in [0.2, 0.25) is 0 Å². The Hall–Kier alpha value is -1.89. The summed E-state index contributed by atoms with van der Waals surface area (Å²) in [5, 5.41) is 3.08. The summed E-state index contributed by atoms with van der Waals surface area (Å²) in [6, 6.07) is 3.19. The van der Waals surface area contributed by atoms with Crippen LogP contribution in [0.5, 0.6) is 0 Å². The van der Waals surface area contributed by atoms with Crippen molar-refractivity contribution in [2.75, 3.05) is 29.9 Å². The van der Waals surface area contributed by atoms with E-state index in [-0.39, 0.29) is 23.5 Å². The monoisotopic (exact) mass is 323 g/mol. The maximum Gasteiger partial charge on any atom is 0.272 e. The fourth-order valence-electron chi connectivity index (χ4n) is 2.55. The molecule has 1 amide bonds. The Balaban J connectivity index is 2.10.